The first kappa shape index (κ1) is 20.9. The second-order valence-electron chi connectivity index (χ2n) is 7.39. The minimum absolute atomic E-state index is 0.113. The van der Waals surface area contributed by atoms with Crippen LogP contribution in [-0.2, 0) is 17.5 Å². The quantitative estimate of drug-likeness (QED) is 0.743. The highest BCUT2D eigenvalue weighted by Gasteiger charge is 2.34. The number of alkyl halides is 3. The third-order valence-corrected chi connectivity index (χ3v) is 4.84. The molecular formula is C22H23F3N2O2. The number of carbonyl (C=O) groups is 2. The van der Waals surface area contributed by atoms with Crippen LogP contribution in [0.3, 0.4) is 0 Å². The van der Waals surface area contributed by atoms with E-state index >= 15 is 0 Å². The van der Waals surface area contributed by atoms with Crippen LogP contribution in [0.25, 0.3) is 0 Å². The Morgan fingerprint density at radius 2 is 1.69 bits per heavy atom. The lowest BCUT2D eigenvalue weighted by Gasteiger charge is -2.25. The smallest absolute Gasteiger partial charge is 0.349 e. The van der Waals surface area contributed by atoms with Crippen molar-refractivity contribution in [3.63, 3.8) is 0 Å². The zero-order valence-corrected chi connectivity index (χ0v) is 16.1. The minimum Gasteiger partial charge on any atom is -0.349 e. The Morgan fingerprint density at radius 3 is 2.24 bits per heavy atom. The van der Waals surface area contributed by atoms with E-state index in [1.807, 2.05) is 6.07 Å². The van der Waals surface area contributed by atoms with Crippen LogP contribution in [0.1, 0.15) is 47.7 Å². The fourth-order valence-electron chi connectivity index (χ4n) is 3.13. The molecule has 0 aromatic heterocycles. The zero-order chi connectivity index (χ0) is 21.0. The summed E-state index contributed by atoms with van der Waals surface area (Å²) in [6.45, 7) is 2.03. The molecule has 1 aliphatic rings. The Kier molecular flexibility index (Phi) is 6.25. The van der Waals surface area contributed by atoms with E-state index in [1.165, 1.54) is 12.1 Å². The summed E-state index contributed by atoms with van der Waals surface area (Å²) in [6.07, 6.45) is -2.47. The van der Waals surface area contributed by atoms with Crippen molar-refractivity contribution in [3.8, 4) is 0 Å². The molecule has 1 aliphatic carbocycles. The maximum atomic E-state index is 12.8. The predicted octanol–water partition coefficient (Wildman–Crippen LogP) is 4.41. The highest BCUT2D eigenvalue weighted by atomic mass is 19.4. The SMILES string of the molecule is CC(CC(=O)N(Cc1ccc(C(F)(F)F)cc1)C1CC1)NC(=O)c1ccccc1. The zero-order valence-electron chi connectivity index (χ0n) is 16.1. The molecule has 2 aromatic carbocycles. The summed E-state index contributed by atoms with van der Waals surface area (Å²) in [7, 11) is 0. The molecule has 2 amide bonds. The standard InChI is InChI=1S/C22H23F3N2O2/c1-15(26-21(29)17-5-3-2-4-6-17)13-20(28)27(19-11-12-19)14-16-7-9-18(10-8-16)22(23,24)25/h2-10,15,19H,11-14H2,1H3,(H,26,29). The van der Waals surface area contributed by atoms with Gasteiger partial charge < -0.3 is 10.2 Å². The minimum atomic E-state index is -4.38. The molecule has 0 radical (unpaired) electrons. The van der Waals surface area contributed by atoms with Crippen LogP contribution in [0, 0.1) is 0 Å². The van der Waals surface area contributed by atoms with Crippen LogP contribution in [-0.4, -0.2) is 28.8 Å². The number of amides is 2. The molecule has 0 heterocycles. The van der Waals surface area contributed by atoms with Gasteiger partial charge in [-0.3, -0.25) is 9.59 Å². The van der Waals surface area contributed by atoms with Crippen LogP contribution in [0.15, 0.2) is 54.6 Å². The van der Waals surface area contributed by atoms with Gasteiger partial charge in [-0.2, -0.15) is 13.2 Å². The highest BCUT2D eigenvalue weighted by molar-refractivity contribution is 5.94. The molecule has 1 saturated carbocycles. The van der Waals surface area contributed by atoms with E-state index in [1.54, 1.807) is 36.1 Å². The molecule has 1 fully saturated rings. The number of rotatable bonds is 7. The fourth-order valence-corrected chi connectivity index (χ4v) is 3.13. The summed E-state index contributed by atoms with van der Waals surface area (Å²) in [5, 5.41) is 2.82. The molecular weight excluding hydrogens is 381 g/mol. The van der Waals surface area contributed by atoms with Crippen LogP contribution in [0.5, 0.6) is 0 Å². The van der Waals surface area contributed by atoms with E-state index in [2.05, 4.69) is 5.32 Å². The van der Waals surface area contributed by atoms with Crippen LogP contribution < -0.4 is 5.32 Å². The topological polar surface area (TPSA) is 49.4 Å². The summed E-state index contributed by atoms with van der Waals surface area (Å²) in [6, 6.07) is 13.4. The maximum Gasteiger partial charge on any atom is 0.416 e. The van der Waals surface area contributed by atoms with Crippen molar-refractivity contribution in [1.82, 2.24) is 10.2 Å². The van der Waals surface area contributed by atoms with E-state index in [4.69, 9.17) is 0 Å². The number of carbonyl (C=O) groups excluding carboxylic acids is 2. The van der Waals surface area contributed by atoms with E-state index in [9.17, 15) is 22.8 Å². The molecule has 1 atom stereocenters. The monoisotopic (exact) mass is 404 g/mol. The van der Waals surface area contributed by atoms with Crippen molar-refractivity contribution < 1.29 is 22.8 Å². The van der Waals surface area contributed by atoms with E-state index < -0.39 is 11.7 Å². The van der Waals surface area contributed by atoms with Crippen molar-refractivity contribution in [2.45, 2.75) is 51.0 Å². The third-order valence-electron chi connectivity index (χ3n) is 4.84. The second-order valence-corrected chi connectivity index (χ2v) is 7.39. The molecule has 2 aromatic rings. The first-order valence-electron chi connectivity index (χ1n) is 9.55. The van der Waals surface area contributed by atoms with E-state index in [-0.39, 0.29) is 36.9 Å². The first-order chi connectivity index (χ1) is 13.7. The normalized spacial score (nSPS) is 14.9. The Balaban J connectivity index is 1.59. The number of hydrogen-bond donors (Lipinski definition) is 1. The van der Waals surface area contributed by atoms with Crippen molar-refractivity contribution in [3.05, 3.63) is 71.3 Å². The maximum absolute atomic E-state index is 12.8. The number of nitrogens with zero attached hydrogens (tertiary/aromatic N) is 1. The molecule has 0 bridgehead atoms. The fraction of sp³-hybridized carbons (Fsp3) is 0.364. The van der Waals surface area contributed by atoms with Gasteiger partial charge in [0, 0.05) is 30.6 Å². The van der Waals surface area contributed by atoms with Gasteiger partial charge in [0.2, 0.25) is 5.91 Å². The Hall–Kier alpha value is -2.83. The molecule has 1 unspecified atom stereocenters. The molecule has 0 saturated heterocycles. The Labute approximate surface area is 167 Å². The largest absolute Gasteiger partial charge is 0.416 e. The first-order valence-corrected chi connectivity index (χ1v) is 9.55. The number of halogens is 3. The summed E-state index contributed by atoms with van der Waals surface area (Å²) in [4.78, 5) is 26.7. The van der Waals surface area contributed by atoms with E-state index in [0.717, 1.165) is 25.0 Å². The number of hydrogen-bond acceptors (Lipinski definition) is 2. The van der Waals surface area contributed by atoms with Gasteiger partial charge in [0.25, 0.3) is 5.91 Å². The number of benzene rings is 2. The Morgan fingerprint density at radius 1 is 1.07 bits per heavy atom. The van der Waals surface area contributed by atoms with Crippen molar-refractivity contribution in [1.29, 1.82) is 0 Å². The van der Waals surface area contributed by atoms with Gasteiger partial charge >= 0.3 is 6.18 Å². The van der Waals surface area contributed by atoms with Crippen LogP contribution >= 0.6 is 0 Å². The molecule has 4 nitrogen and oxygen atoms in total. The lowest BCUT2D eigenvalue weighted by atomic mass is 10.1. The van der Waals surface area contributed by atoms with Gasteiger partial charge in [0.1, 0.15) is 0 Å². The van der Waals surface area contributed by atoms with Crippen molar-refractivity contribution in [2.24, 2.45) is 0 Å². The molecule has 29 heavy (non-hydrogen) atoms. The molecule has 154 valence electrons. The van der Waals surface area contributed by atoms with Gasteiger partial charge in [-0.15, -0.1) is 0 Å². The molecule has 3 rings (SSSR count). The third kappa shape index (κ3) is 5.82. The summed E-state index contributed by atoms with van der Waals surface area (Å²) in [5.41, 5.74) is 0.470. The second kappa shape index (κ2) is 8.68. The summed E-state index contributed by atoms with van der Waals surface area (Å²) in [5.74, 6) is -0.361. The van der Waals surface area contributed by atoms with E-state index in [0.29, 0.717) is 11.1 Å². The van der Waals surface area contributed by atoms with Crippen LogP contribution in [0.4, 0.5) is 13.2 Å². The average Bonchev–Trinajstić information content (AvgIpc) is 3.51. The molecule has 0 spiro atoms. The number of nitrogens with one attached hydrogen (secondary N) is 1. The lowest BCUT2D eigenvalue weighted by Crippen LogP contribution is -2.40. The van der Waals surface area contributed by atoms with Crippen molar-refractivity contribution >= 4 is 11.8 Å². The van der Waals surface area contributed by atoms with Gasteiger partial charge in [0.05, 0.1) is 5.56 Å². The Bertz CT molecular complexity index is 847. The van der Waals surface area contributed by atoms with Gasteiger partial charge in [-0.05, 0) is 49.6 Å². The highest BCUT2D eigenvalue weighted by Crippen LogP contribution is 2.31. The molecule has 0 aliphatic heterocycles. The molecule has 1 N–H and O–H groups in total. The van der Waals surface area contributed by atoms with Gasteiger partial charge in [-0.25, -0.2) is 0 Å². The molecule has 7 heteroatoms. The van der Waals surface area contributed by atoms with Crippen LogP contribution in [0.2, 0.25) is 0 Å². The van der Waals surface area contributed by atoms with Crippen molar-refractivity contribution in [2.75, 3.05) is 0 Å². The van der Waals surface area contributed by atoms with Gasteiger partial charge in [0.15, 0.2) is 0 Å². The lowest BCUT2D eigenvalue weighted by molar-refractivity contribution is -0.137. The average molecular weight is 404 g/mol. The predicted molar refractivity (Wildman–Crippen MR) is 103 cm³/mol. The summed E-state index contributed by atoms with van der Waals surface area (Å²) >= 11 is 0. The summed E-state index contributed by atoms with van der Waals surface area (Å²) < 4.78 is 38.2. The van der Waals surface area contributed by atoms with Gasteiger partial charge in [-0.1, -0.05) is 30.3 Å².